The van der Waals surface area contributed by atoms with Crippen LogP contribution in [0.5, 0.6) is 0 Å². The van der Waals surface area contributed by atoms with Crippen molar-refractivity contribution in [3.05, 3.63) is 34.3 Å². The number of hydrogen-bond donors (Lipinski definition) is 1. The van der Waals surface area contributed by atoms with Crippen molar-refractivity contribution in [3.8, 4) is 0 Å². The molecule has 3 heteroatoms. The van der Waals surface area contributed by atoms with Gasteiger partial charge in [0.05, 0.1) is 6.04 Å². The van der Waals surface area contributed by atoms with E-state index in [9.17, 15) is 0 Å². The van der Waals surface area contributed by atoms with Crippen molar-refractivity contribution in [1.29, 1.82) is 0 Å². The van der Waals surface area contributed by atoms with E-state index >= 15 is 0 Å². The van der Waals surface area contributed by atoms with Crippen molar-refractivity contribution in [2.24, 2.45) is 5.73 Å². The van der Waals surface area contributed by atoms with Gasteiger partial charge in [-0.2, -0.15) is 0 Å². The number of hydrogen-bond acceptors (Lipinski definition) is 2. The molecule has 1 aromatic rings. The van der Waals surface area contributed by atoms with E-state index in [0.717, 1.165) is 4.47 Å². The molecule has 0 radical (unpaired) electrons. The Labute approximate surface area is 101 Å². The minimum absolute atomic E-state index is 0.218. The molecule has 0 bridgehead atoms. The number of rotatable bonds is 3. The molecular weight excluding hydrogens is 252 g/mol. The lowest BCUT2D eigenvalue weighted by Crippen LogP contribution is -2.45. The zero-order chi connectivity index (χ0) is 11.6. The predicted molar refractivity (Wildman–Crippen MR) is 68.8 cm³/mol. The number of halogens is 1. The van der Waals surface area contributed by atoms with Crippen LogP contribution in [0.2, 0.25) is 0 Å². The smallest absolute Gasteiger partial charge is 0.0517 e. The highest BCUT2D eigenvalue weighted by Crippen LogP contribution is 2.29. The van der Waals surface area contributed by atoms with E-state index < -0.39 is 0 Å². The van der Waals surface area contributed by atoms with Crippen LogP contribution in [-0.4, -0.2) is 24.5 Å². The van der Waals surface area contributed by atoms with E-state index in [-0.39, 0.29) is 11.6 Å². The molecule has 84 valence electrons. The van der Waals surface area contributed by atoms with Crippen LogP contribution in [0.4, 0.5) is 0 Å². The molecule has 0 aliphatic carbocycles. The maximum atomic E-state index is 6.21. The summed E-state index contributed by atoms with van der Waals surface area (Å²) in [5, 5.41) is 0. The summed E-state index contributed by atoms with van der Waals surface area (Å²) in [6.07, 6.45) is 0. The quantitative estimate of drug-likeness (QED) is 0.916. The molecule has 0 saturated carbocycles. The molecule has 0 aromatic heterocycles. The highest BCUT2D eigenvalue weighted by Gasteiger charge is 2.28. The highest BCUT2D eigenvalue weighted by atomic mass is 79.9. The molecule has 0 aliphatic rings. The maximum absolute atomic E-state index is 6.21. The van der Waals surface area contributed by atoms with Gasteiger partial charge < -0.3 is 10.6 Å². The first-order chi connectivity index (χ1) is 6.82. The van der Waals surface area contributed by atoms with Gasteiger partial charge in [0.2, 0.25) is 0 Å². The SMILES string of the molecule is CN(C)C(c1cccc(Br)c1)C(C)(C)N. The lowest BCUT2D eigenvalue weighted by atomic mass is 9.89. The van der Waals surface area contributed by atoms with Gasteiger partial charge in [-0.3, -0.25) is 0 Å². The van der Waals surface area contributed by atoms with Crippen LogP contribution < -0.4 is 5.73 Å². The highest BCUT2D eigenvalue weighted by molar-refractivity contribution is 9.10. The largest absolute Gasteiger partial charge is 0.324 e. The Morgan fingerprint density at radius 2 is 1.93 bits per heavy atom. The second-order valence-corrected chi connectivity index (χ2v) is 5.66. The average molecular weight is 271 g/mol. The summed E-state index contributed by atoms with van der Waals surface area (Å²) in [5.41, 5.74) is 7.18. The van der Waals surface area contributed by atoms with Gasteiger partial charge >= 0.3 is 0 Å². The molecule has 0 saturated heterocycles. The lowest BCUT2D eigenvalue weighted by molar-refractivity contribution is 0.205. The third-order valence-electron chi connectivity index (χ3n) is 2.39. The second kappa shape index (κ2) is 4.64. The van der Waals surface area contributed by atoms with Crippen molar-refractivity contribution < 1.29 is 0 Å². The summed E-state index contributed by atoms with van der Waals surface area (Å²) in [7, 11) is 4.11. The zero-order valence-electron chi connectivity index (χ0n) is 9.79. The van der Waals surface area contributed by atoms with E-state index in [1.54, 1.807) is 0 Å². The summed E-state index contributed by atoms with van der Waals surface area (Å²) in [6, 6.07) is 8.53. The Hall–Kier alpha value is -0.380. The van der Waals surface area contributed by atoms with Gasteiger partial charge in [0.15, 0.2) is 0 Å². The summed E-state index contributed by atoms with van der Waals surface area (Å²) in [6.45, 7) is 4.11. The summed E-state index contributed by atoms with van der Waals surface area (Å²) >= 11 is 3.49. The van der Waals surface area contributed by atoms with Gasteiger partial charge in [-0.25, -0.2) is 0 Å². The summed E-state index contributed by atoms with van der Waals surface area (Å²) in [4.78, 5) is 2.15. The Bertz CT molecular complexity index is 329. The second-order valence-electron chi connectivity index (χ2n) is 4.74. The van der Waals surface area contributed by atoms with Gasteiger partial charge in [-0.15, -0.1) is 0 Å². The van der Waals surface area contributed by atoms with Crippen LogP contribution in [0.3, 0.4) is 0 Å². The van der Waals surface area contributed by atoms with Gasteiger partial charge in [-0.05, 0) is 45.6 Å². The first kappa shape index (κ1) is 12.7. The van der Waals surface area contributed by atoms with Crippen LogP contribution in [0, 0.1) is 0 Å². The molecule has 2 nitrogen and oxygen atoms in total. The third-order valence-corrected chi connectivity index (χ3v) is 2.88. The average Bonchev–Trinajstić information content (AvgIpc) is 1.99. The van der Waals surface area contributed by atoms with E-state index in [2.05, 4.69) is 60.9 Å². The van der Waals surface area contributed by atoms with Gasteiger partial charge in [0.1, 0.15) is 0 Å². The minimum Gasteiger partial charge on any atom is -0.324 e. The molecule has 1 rings (SSSR count). The summed E-state index contributed by atoms with van der Waals surface area (Å²) < 4.78 is 1.09. The molecule has 0 heterocycles. The fourth-order valence-corrected chi connectivity index (χ4v) is 2.49. The molecule has 0 aliphatic heterocycles. The zero-order valence-corrected chi connectivity index (χ0v) is 11.4. The Kier molecular flexibility index (Phi) is 3.93. The topological polar surface area (TPSA) is 29.3 Å². The maximum Gasteiger partial charge on any atom is 0.0517 e. The fourth-order valence-electron chi connectivity index (χ4n) is 2.07. The van der Waals surface area contributed by atoms with Crippen LogP contribution in [0.1, 0.15) is 25.5 Å². The van der Waals surface area contributed by atoms with Crippen molar-refractivity contribution in [1.82, 2.24) is 4.90 Å². The van der Waals surface area contributed by atoms with E-state index in [4.69, 9.17) is 5.73 Å². The van der Waals surface area contributed by atoms with Crippen LogP contribution in [0.15, 0.2) is 28.7 Å². The van der Waals surface area contributed by atoms with Crippen LogP contribution >= 0.6 is 15.9 Å². The van der Waals surface area contributed by atoms with Crippen molar-refractivity contribution in [2.75, 3.05) is 14.1 Å². The van der Waals surface area contributed by atoms with Crippen LogP contribution in [0.25, 0.3) is 0 Å². The predicted octanol–water partition coefficient (Wildman–Crippen LogP) is 2.79. The monoisotopic (exact) mass is 270 g/mol. The standard InChI is InChI=1S/C12H19BrN2/c1-12(2,14)11(15(3)4)9-6-5-7-10(13)8-9/h5-8,11H,14H2,1-4H3. The number of nitrogens with zero attached hydrogens (tertiary/aromatic N) is 1. The molecule has 0 amide bonds. The molecule has 0 fully saturated rings. The molecule has 0 spiro atoms. The number of likely N-dealkylation sites (N-methyl/N-ethyl adjacent to an activating group) is 1. The van der Waals surface area contributed by atoms with E-state index in [1.165, 1.54) is 5.56 Å². The molecule has 15 heavy (non-hydrogen) atoms. The first-order valence-electron chi connectivity index (χ1n) is 5.03. The summed E-state index contributed by atoms with van der Waals surface area (Å²) in [5.74, 6) is 0. The first-order valence-corrected chi connectivity index (χ1v) is 5.82. The van der Waals surface area contributed by atoms with E-state index in [0.29, 0.717) is 0 Å². The van der Waals surface area contributed by atoms with E-state index in [1.807, 2.05) is 12.1 Å². The van der Waals surface area contributed by atoms with Crippen molar-refractivity contribution >= 4 is 15.9 Å². The molecule has 1 aromatic carbocycles. The number of benzene rings is 1. The van der Waals surface area contributed by atoms with Gasteiger partial charge in [0, 0.05) is 10.0 Å². The van der Waals surface area contributed by atoms with Crippen molar-refractivity contribution in [3.63, 3.8) is 0 Å². The Morgan fingerprint density at radius 3 is 2.33 bits per heavy atom. The van der Waals surface area contributed by atoms with Gasteiger partial charge in [0.25, 0.3) is 0 Å². The third kappa shape index (κ3) is 3.30. The molecule has 1 unspecified atom stereocenters. The molecular formula is C12H19BrN2. The molecule has 1 atom stereocenters. The Morgan fingerprint density at radius 1 is 1.33 bits per heavy atom. The lowest BCUT2D eigenvalue weighted by Gasteiger charge is -2.36. The van der Waals surface area contributed by atoms with Crippen molar-refractivity contribution in [2.45, 2.75) is 25.4 Å². The van der Waals surface area contributed by atoms with Crippen LogP contribution in [-0.2, 0) is 0 Å². The number of nitrogens with two attached hydrogens (primary N) is 1. The normalized spacial score (nSPS) is 14.3. The Balaban J connectivity index is 3.11. The fraction of sp³-hybridized carbons (Fsp3) is 0.500. The van der Waals surface area contributed by atoms with Gasteiger partial charge in [-0.1, -0.05) is 28.1 Å². The minimum atomic E-state index is -0.260. The molecule has 2 N–H and O–H groups in total.